The molecular weight excluding hydrogens is 674 g/mol. The van der Waals surface area contributed by atoms with Crippen molar-refractivity contribution >= 4 is 38.9 Å². The maximum atomic E-state index is 15.1. The van der Waals surface area contributed by atoms with Crippen LogP contribution in [0.5, 0.6) is 0 Å². The van der Waals surface area contributed by atoms with Crippen LogP contribution >= 0.6 is 22.6 Å². The summed E-state index contributed by atoms with van der Waals surface area (Å²) in [5.41, 5.74) is 2.86. The molecule has 4 aromatic rings. The van der Waals surface area contributed by atoms with E-state index in [1.807, 2.05) is 18.2 Å². The zero-order chi connectivity index (χ0) is 31.2. The van der Waals surface area contributed by atoms with Crippen molar-refractivity contribution < 1.29 is 31.4 Å². The van der Waals surface area contributed by atoms with Gasteiger partial charge in [0.2, 0.25) is 0 Å². The molecule has 0 unspecified atom stereocenters. The third-order valence-corrected chi connectivity index (χ3v) is 7.24. The fraction of sp³-hybridized carbons (Fsp3) is 0.143. The summed E-state index contributed by atoms with van der Waals surface area (Å²) in [4.78, 5) is 0. The van der Waals surface area contributed by atoms with Crippen molar-refractivity contribution in [3.05, 3.63) is 148 Å². The first-order chi connectivity index (χ1) is 20.4. The van der Waals surface area contributed by atoms with Gasteiger partial charge in [0.1, 0.15) is 5.76 Å². The number of rotatable bonds is 12. The Hall–Kier alpha value is -3.92. The number of benzene rings is 4. The van der Waals surface area contributed by atoms with Gasteiger partial charge in [-0.25, -0.2) is 0 Å². The standard InChI is InChI=1S/C35H28F5IO2/c1-4-5-25-7-8-30-21-29(10-9-28(30)20-25)27-13-17-32(18-14-27)35(39,40)43-33(22-41)19-6-23(2)26-11-15-31(16-12-26)34(37,38)42-24(3)36/h6-22H,2-5H2,1H3/b19-6-,33-22+. The Balaban J connectivity index is 1.43. The fourth-order valence-corrected chi connectivity index (χ4v) is 4.77. The average Bonchev–Trinajstić information content (AvgIpc) is 2.98. The molecule has 0 fully saturated rings. The molecule has 0 saturated carbocycles. The van der Waals surface area contributed by atoms with E-state index < -0.39 is 23.8 Å². The summed E-state index contributed by atoms with van der Waals surface area (Å²) in [6.45, 7) is 8.66. The van der Waals surface area contributed by atoms with E-state index in [4.69, 9.17) is 4.74 Å². The van der Waals surface area contributed by atoms with Crippen molar-refractivity contribution in [2.45, 2.75) is 32.0 Å². The number of hydrogen-bond donors (Lipinski definition) is 0. The lowest BCUT2D eigenvalue weighted by molar-refractivity contribution is -0.235. The number of fused-ring (bicyclic) bond motifs is 1. The monoisotopic (exact) mass is 702 g/mol. The van der Waals surface area contributed by atoms with Crippen LogP contribution in [0.15, 0.2) is 126 Å². The van der Waals surface area contributed by atoms with Gasteiger partial charge in [0.15, 0.2) is 0 Å². The number of aryl methyl sites for hydroxylation is 1. The Kier molecular flexibility index (Phi) is 10.1. The largest absolute Gasteiger partial charge is 0.428 e. The number of hydrogen-bond acceptors (Lipinski definition) is 2. The number of allylic oxidation sites excluding steroid dienone is 3. The Morgan fingerprint density at radius 2 is 1.30 bits per heavy atom. The molecule has 0 N–H and O–H groups in total. The molecule has 0 aromatic heterocycles. The maximum absolute atomic E-state index is 15.1. The van der Waals surface area contributed by atoms with E-state index >= 15 is 8.78 Å². The van der Waals surface area contributed by atoms with Crippen molar-refractivity contribution in [1.29, 1.82) is 0 Å². The second-order valence-electron chi connectivity index (χ2n) is 9.76. The topological polar surface area (TPSA) is 18.5 Å². The van der Waals surface area contributed by atoms with Crippen LogP contribution in [0.2, 0.25) is 0 Å². The zero-order valence-corrected chi connectivity index (χ0v) is 25.4. The van der Waals surface area contributed by atoms with Crippen molar-refractivity contribution in [3.8, 4) is 11.1 Å². The van der Waals surface area contributed by atoms with Crippen molar-refractivity contribution in [1.82, 2.24) is 0 Å². The summed E-state index contributed by atoms with van der Waals surface area (Å²) in [6.07, 6.45) is -2.72. The van der Waals surface area contributed by atoms with Crippen LogP contribution in [0, 0.1) is 0 Å². The molecule has 4 rings (SSSR count). The molecule has 0 aliphatic rings. The van der Waals surface area contributed by atoms with E-state index in [1.54, 1.807) is 34.7 Å². The summed E-state index contributed by atoms with van der Waals surface area (Å²) in [5, 5.41) is 2.21. The molecule has 0 aliphatic carbocycles. The third-order valence-electron chi connectivity index (χ3n) is 6.63. The van der Waals surface area contributed by atoms with Gasteiger partial charge in [0.25, 0.3) is 6.01 Å². The lowest BCUT2D eigenvalue weighted by Crippen LogP contribution is -2.17. The van der Waals surface area contributed by atoms with E-state index in [0.717, 1.165) is 46.9 Å². The van der Waals surface area contributed by atoms with Gasteiger partial charge in [-0.1, -0.05) is 80.6 Å². The molecule has 2 nitrogen and oxygen atoms in total. The van der Waals surface area contributed by atoms with Gasteiger partial charge in [-0.2, -0.15) is 22.0 Å². The van der Waals surface area contributed by atoms with Crippen LogP contribution < -0.4 is 0 Å². The van der Waals surface area contributed by atoms with Crippen molar-refractivity contribution in [2.24, 2.45) is 0 Å². The van der Waals surface area contributed by atoms with Gasteiger partial charge in [0, 0.05) is 4.08 Å². The molecule has 4 aromatic carbocycles. The molecule has 0 atom stereocenters. The smallest absolute Gasteiger partial charge is 0.428 e. The van der Waals surface area contributed by atoms with Gasteiger partial charge in [-0.05, 0) is 111 Å². The first-order valence-electron chi connectivity index (χ1n) is 13.3. The Labute approximate surface area is 261 Å². The molecule has 43 heavy (non-hydrogen) atoms. The Morgan fingerprint density at radius 1 is 0.744 bits per heavy atom. The van der Waals surface area contributed by atoms with Crippen LogP contribution in [0.1, 0.15) is 35.6 Å². The predicted octanol–water partition coefficient (Wildman–Crippen LogP) is 11.6. The summed E-state index contributed by atoms with van der Waals surface area (Å²) in [5.74, 6) is -0.134. The highest BCUT2D eigenvalue weighted by Gasteiger charge is 2.36. The maximum Gasteiger partial charge on any atom is 0.428 e. The van der Waals surface area contributed by atoms with E-state index in [2.05, 4.69) is 43.0 Å². The van der Waals surface area contributed by atoms with Crippen molar-refractivity contribution in [3.63, 3.8) is 0 Å². The minimum atomic E-state index is -3.90. The van der Waals surface area contributed by atoms with Gasteiger partial charge >= 0.3 is 12.2 Å². The van der Waals surface area contributed by atoms with Crippen LogP contribution in [-0.4, -0.2) is 0 Å². The lowest BCUT2D eigenvalue weighted by Gasteiger charge is -2.19. The summed E-state index contributed by atoms with van der Waals surface area (Å²) in [6, 6.07) is 21.5. The van der Waals surface area contributed by atoms with E-state index in [0.29, 0.717) is 11.1 Å². The molecule has 0 aliphatic heterocycles. The lowest BCUT2D eigenvalue weighted by atomic mass is 9.98. The summed E-state index contributed by atoms with van der Waals surface area (Å²) >= 11 is 1.78. The molecular formula is C35H28F5IO2. The van der Waals surface area contributed by atoms with E-state index in [-0.39, 0.29) is 11.3 Å². The molecule has 0 saturated heterocycles. The van der Waals surface area contributed by atoms with E-state index in [9.17, 15) is 13.2 Å². The highest BCUT2D eigenvalue weighted by atomic mass is 127. The first kappa shape index (κ1) is 32.0. The third kappa shape index (κ3) is 8.13. The van der Waals surface area contributed by atoms with Crippen molar-refractivity contribution in [2.75, 3.05) is 0 Å². The van der Waals surface area contributed by atoms with Gasteiger partial charge in [-0.15, -0.1) is 0 Å². The van der Waals surface area contributed by atoms with Gasteiger partial charge in [-0.3, -0.25) is 0 Å². The second-order valence-corrected chi connectivity index (χ2v) is 10.4. The van der Waals surface area contributed by atoms with Crippen LogP contribution in [0.25, 0.3) is 27.5 Å². The minimum absolute atomic E-state index is 0.134. The van der Waals surface area contributed by atoms with Crippen LogP contribution in [-0.2, 0) is 28.1 Å². The minimum Gasteiger partial charge on any atom is -0.428 e. The molecule has 222 valence electrons. The van der Waals surface area contributed by atoms with Crippen LogP contribution in [0.4, 0.5) is 22.0 Å². The highest BCUT2D eigenvalue weighted by molar-refractivity contribution is 14.1. The highest BCUT2D eigenvalue weighted by Crippen LogP contribution is 2.35. The zero-order valence-electron chi connectivity index (χ0n) is 23.2. The number of halogens is 6. The fourth-order valence-electron chi connectivity index (χ4n) is 4.43. The molecule has 0 spiro atoms. The van der Waals surface area contributed by atoms with Gasteiger partial charge < -0.3 is 9.47 Å². The molecule has 0 amide bonds. The second kappa shape index (κ2) is 13.6. The quantitative estimate of drug-likeness (QED) is 0.0633. The van der Waals surface area contributed by atoms with E-state index in [1.165, 1.54) is 46.1 Å². The average molecular weight is 703 g/mol. The van der Waals surface area contributed by atoms with Crippen LogP contribution in [0.3, 0.4) is 0 Å². The number of ether oxygens (including phenoxy) is 2. The Morgan fingerprint density at radius 3 is 1.91 bits per heavy atom. The summed E-state index contributed by atoms with van der Waals surface area (Å²) < 4.78 is 80.8. The normalized spacial score (nSPS) is 12.5. The first-order valence-corrected chi connectivity index (χ1v) is 14.6. The predicted molar refractivity (Wildman–Crippen MR) is 170 cm³/mol. The number of alkyl halides is 4. The Bertz CT molecular complexity index is 1670. The SMILES string of the molecule is C=C(F)OC(F)(F)c1ccc(C(=C)/C=C\C(=C/I)OC(F)(F)c2ccc(-c3ccc4cc(CCC)ccc4c3)cc2)cc1. The molecule has 8 heteroatoms. The summed E-state index contributed by atoms with van der Waals surface area (Å²) in [7, 11) is 0. The molecule has 0 radical (unpaired) electrons. The molecule has 0 bridgehead atoms. The molecule has 0 heterocycles. The van der Waals surface area contributed by atoms with Gasteiger partial charge in [0.05, 0.1) is 11.1 Å².